The van der Waals surface area contributed by atoms with E-state index in [1.807, 2.05) is 71.8 Å². The number of nitrogens with one attached hydrogen (secondary N) is 2. The molecule has 2 aliphatic rings. The molecule has 2 N–H and O–H groups in total. The lowest BCUT2D eigenvalue weighted by Gasteiger charge is -2.36. The summed E-state index contributed by atoms with van der Waals surface area (Å²) >= 11 is 7.62. The summed E-state index contributed by atoms with van der Waals surface area (Å²) in [4.78, 5) is 32.9. The average molecular weight is 495 g/mol. The van der Waals surface area contributed by atoms with Crippen LogP contribution in [0.2, 0.25) is 5.02 Å². The largest absolute Gasteiger partial charge is 0.356 e. The number of benzene rings is 2. The number of halogens is 1. The third kappa shape index (κ3) is 5.37. The summed E-state index contributed by atoms with van der Waals surface area (Å²) in [5.41, 5.74) is 3.59. The number of allylic oxidation sites excluding steroid dienone is 1. The highest BCUT2D eigenvalue weighted by atomic mass is 35.5. The molecule has 1 unspecified atom stereocenters. The zero-order valence-electron chi connectivity index (χ0n) is 19.3. The van der Waals surface area contributed by atoms with Gasteiger partial charge >= 0.3 is 0 Å². The number of fused-ring (bicyclic) bond motifs is 1. The van der Waals surface area contributed by atoms with E-state index in [2.05, 4.69) is 24.5 Å². The van der Waals surface area contributed by atoms with Gasteiger partial charge in [0.25, 0.3) is 5.91 Å². The normalized spacial score (nSPS) is 17.3. The minimum Gasteiger partial charge on any atom is -0.356 e. The molecule has 0 saturated heterocycles. The lowest BCUT2D eigenvalue weighted by molar-refractivity contribution is -0.120. The topological polar surface area (TPSA) is 73.8 Å². The predicted octanol–water partition coefficient (Wildman–Crippen LogP) is 5.72. The lowest BCUT2D eigenvalue weighted by atomic mass is 9.93. The smallest absolute Gasteiger partial charge is 0.255 e. The van der Waals surface area contributed by atoms with Gasteiger partial charge in [-0.3, -0.25) is 9.59 Å². The van der Waals surface area contributed by atoms with Gasteiger partial charge in [0.05, 0.1) is 23.7 Å². The Morgan fingerprint density at radius 3 is 2.50 bits per heavy atom. The van der Waals surface area contributed by atoms with Crippen molar-refractivity contribution in [2.24, 2.45) is 10.9 Å². The molecule has 4 rings (SSSR count). The molecule has 0 saturated carbocycles. The molecule has 2 amide bonds. The minimum absolute atomic E-state index is 0.0572. The van der Waals surface area contributed by atoms with E-state index in [1.54, 1.807) is 0 Å². The van der Waals surface area contributed by atoms with Crippen LogP contribution < -0.4 is 10.6 Å². The molecule has 0 bridgehead atoms. The molecule has 34 heavy (non-hydrogen) atoms. The van der Waals surface area contributed by atoms with Crippen molar-refractivity contribution in [1.29, 1.82) is 0 Å². The quantitative estimate of drug-likeness (QED) is 0.516. The summed E-state index contributed by atoms with van der Waals surface area (Å²) in [6.45, 7) is 6.58. The van der Waals surface area contributed by atoms with E-state index >= 15 is 0 Å². The summed E-state index contributed by atoms with van der Waals surface area (Å²) < 4.78 is 0. The first-order valence-corrected chi connectivity index (χ1v) is 12.4. The molecule has 0 fully saturated rings. The summed E-state index contributed by atoms with van der Waals surface area (Å²) in [5.74, 6) is 0.0776. The molecule has 1 atom stereocenters. The van der Waals surface area contributed by atoms with Crippen molar-refractivity contribution in [3.63, 3.8) is 0 Å². The summed E-state index contributed by atoms with van der Waals surface area (Å²) in [7, 11) is 0. The first-order chi connectivity index (χ1) is 16.3. The Morgan fingerprint density at radius 1 is 1.12 bits per heavy atom. The van der Waals surface area contributed by atoms with Crippen LogP contribution >= 0.6 is 23.4 Å². The van der Waals surface area contributed by atoms with Gasteiger partial charge in [-0.25, -0.2) is 4.99 Å². The lowest BCUT2D eigenvalue weighted by Crippen LogP contribution is -2.39. The van der Waals surface area contributed by atoms with Crippen LogP contribution in [0.5, 0.6) is 0 Å². The van der Waals surface area contributed by atoms with Crippen LogP contribution in [0, 0.1) is 5.92 Å². The monoisotopic (exact) mass is 494 g/mol. The van der Waals surface area contributed by atoms with Gasteiger partial charge in [0, 0.05) is 23.0 Å². The van der Waals surface area contributed by atoms with E-state index in [1.165, 1.54) is 11.8 Å². The molecule has 0 aliphatic carbocycles. The Labute approximate surface area is 209 Å². The van der Waals surface area contributed by atoms with Crippen LogP contribution in [0.1, 0.15) is 38.8 Å². The minimum atomic E-state index is -0.437. The fourth-order valence-corrected chi connectivity index (χ4v) is 4.98. The second-order valence-electron chi connectivity index (χ2n) is 8.64. The summed E-state index contributed by atoms with van der Waals surface area (Å²) in [6.07, 6.45) is 0.204. The van der Waals surface area contributed by atoms with Gasteiger partial charge in [0.2, 0.25) is 5.91 Å². The van der Waals surface area contributed by atoms with Gasteiger partial charge in [-0.05, 0) is 48.1 Å². The van der Waals surface area contributed by atoms with E-state index in [4.69, 9.17) is 16.6 Å². The Morgan fingerprint density at radius 2 is 1.82 bits per heavy atom. The molecule has 8 heteroatoms. The van der Waals surface area contributed by atoms with E-state index < -0.39 is 6.04 Å². The average Bonchev–Trinajstić information content (AvgIpc) is 3.19. The maximum atomic E-state index is 13.5. The molecule has 6 nitrogen and oxygen atoms in total. The first-order valence-electron chi connectivity index (χ1n) is 11.2. The molecule has 2 heterocycles. The number of thioether (sulfide) groups is 1. The van der Waals surface area contributed by atoms with Gasteiger partial charge in [-0.15, -0.1) is 0 Å². The highest BCUT2D eigenvalue weighted by Gasteiger charge is 2.40. The fourth-order valence-electron chi connectivity index (χ4n) is 3.89. The SMILES string of the molecule is CC1=C(C(=O)Nc2ccccc2)C(c2ccc(Cl)cc2)N2C(CC(=O)NCC(C)C)=CSC2=N1. The Hall–Kier alpha value is -3.03. The number of carbonyl (C=O) groups excluding carboxylic acids is 2. The molecule has 2 aromatic carbocycles. The Balaban J connectivity index is 1.69. The van der Waals surface area contributed by atoms with Gasteiger partial charge in [-0.1, -0.05) is 67.5 Å². The molecular weight excluding hydrogens is 468 g/mol. The Bertz CT molecular complexity index is 1170. The van der Waals surface area contributed by atoms with Crippen LogP contribution in [0.3, 0.4) is 0 Å². The molecule has 2 aromatic rings. The Kier molecular flexibility index (Phi) is 7.44. The van der Waals surface area contributed by atoms with E-state index in [9.17, 15) is 9.59 Å². The fraction of sp³-hybridized carbons (Fsp3) is 0.269. The number of hydrogen-bond acceptors (Lipinski definition) is 5. The molecule has 0 spiro atoms. The predicted molar refractivity (Wildman–Crippen MR) is 139 cm³/mol. The van der Waals surface area contributed by atoms with Crippen LogP contribution in [0.15, 0.2) is 82.0 Å². The number of amides is 2. The number of aliphatic imine (C=N–C) groups is 1. The van der Waals surface area contributed by atoms with Crippen molar-refractivity contribution in [2.45, 2.75) is 33.2 Å². The van der Waals surface area contributed by atoms with E-state index in [0.29, 0.717) is 34.4 Å². The first kappa shape index (κ1) is 24.1. The van der Waals surface area contributed by atoms with E-state index in [0.717, 1.165) is 16.4 Å². The number of anilines is 1. The molecule has 0 radical (unpaired) electrons. The van der Waals surface area contributed by atoms with Crippen molar-refractivity contribution in [2.75, 3.05) is 11.9 Å². The highest BCUT2D eigenvalue weighted by Crippen LogP contribution is 2.44. The molecule has 2 aliphatic heterocycles. The van der Waals surface area contributed by atoms with Crippen molar-refractivity contribution in [1.82, 2.24) is 10.2 Å². The van der Waals surface area contributed by atoms with Gasteiger partial charge in [-0.2, -0.15) is 0 Å². The van der Waals surface area contributed by atoms with Crippen molar-refractivity contribution in [3.05, 3.63) is 87.6 Å². The second-order valence-corrected chi connectivity index (χ2v) is 9.91. The van der Waals surface area contributed by atoms with Gasteiger partial charge in [0.1, 0.15) is 0 Å². The molecule has 176 valence electrons. The maximum Gasteiger partial charge on any atom is 0.255 e. The number of rotatable bonds is 7. The zero-order valence-corrected chi connectivity index (χ0v) is 20.9. The number of hydrogen-bond donors (Lipinski definition) is 2. The third-order valence-electron chi connectivity index (χ3n) is 5.51. The summed E-state index contributed by atoms with van der Waals surface area (Å²) in [5, 5.41) is 9.29. The van der Waals surface area contributed by atoms with Crippen molar-refractivity contribution >= 4 is 46.0 Å². The summed E-state index contributed by atoms with van der Waals surface area (Å²) in [6, 6.07) is 16.4. The molecule has 0 aromatic heterocycles. The van der Waals surface area contributed by atoms with Crippen LogP contribution in [-0.4, -0.2) is 28.4 Å². The zero-order chi connectivity index (χ0) is 24.2. The third-order valence-corrected chi connectivity index (χ3v) is 6.65. The highest BCUT2D eigenvalue weighted by molar-refractivity contribution is 8.16. The van der Waals surface area contributed by atoms with Crippen molar-refractivity contribution < 1.29 is 9.59 Å². The van der Waals surface area contributed by atoms with Gasteiger partial charge < -0.3 is 15.5 Å². The van der Waals surface area contributed by atoms with Crippen molar-refractivity contribution in [3.8, 4) is 0 Å². The number of amidine groups is 1. The molecular formula is C26H27ClN4O2S. The van der Waals surface area contributed by atoms with Crippen LogP contribution in [0.25, 0.3) is 0 Å². The number of para-hydroxylation sites is 1. The second kappa shape index (κ2) is 10.5. The van der Waals surface area contributed by atoms with Crippen LogP contribution in [-0.2, 0) is 9.59 Å². The number of carbonyl (C=O) groups is 2. The van der Waals surface area contributed by atoms with Gasteiger partial charge in [0.15, 0.2) is 5.17 Å². The van der Waals surface area contributed by atoms with E-state index in [-0.39, 0.29) is 18.2 Å². The number of nitrogens with zero attached hydrogens (tertiary/aromatic N) is 2. The standard InChI is InChI=1S/C26H27ClN4O2S/c1-16(2)14-28-22(32)13-21-15-34-26-29-17(3)23(25(33)30-20-7-5-4-6-8-20)24(31(21)26)18-9-11-19(27)12-10-18/h4-12,15-16,24H,13-14H2,1-3H3,(H,28,32)(H,30,33). The maximum absolute atomic E-state index is 13.5. The van der Waals surface area contributed by atoms with Crippen LogP contribution in [0.4, 0.5) is 5.69 Å².